The highest BCUT2D eigenvalue weighted by Crippen LogP contribution is 2.23. The number of hydrogen-bond donors (Lipinski definition) is 3. The Labute approximate surface area is 157 Å². The van der Waals surface area contributed by atoms with E-state index in [2.05, 4.69) is 26.7 Å². The summed E-state index contributed by atoms with van der Waals surface area (Å²) in [6.07, 6.45) is 0. The van der Waals surface area contributed by atoms with Gasteiger partial charge >= 0.3 is 6.03 Å². The first-order valence-electron chi connectivity index (χ1n) is 8.78. The molecule has 27 heavy (non-hydrogen) atoms. The molecular formula is C22H20N4O. The van der Waals surface area contributed by atoms with Gasteiger partial charge in [-0.3, -0.25) is 0 Å². The lowest BCUT2D eigenvalue weighted by Crippen LogP contribution is -2.19. The van der Waals surface area contributed by atoms with Gasteiger partial charge in [-0.25, -0.2) is 9.78 Å². The molecule has 5 heteroatoms. The van der Waals surface area contributed by atoms with Crippen molar-refractivity contribution in [3.63, 3.8) is 0 Å². The number of nitrogens with one attached hydrogen (secondary N) is 3. The van der Waals surface area contributed by atoms with Gasteiger partial charge in [0.15, 0.2) is 0 Å². The zero-order valence-corrected chi connectivity index (χ0v) is 15.2. The standard InChI is InChI=1S/C22H20N4O/c1-14-10-15(2)12-18(11-14)24-22(27)23-17-7-5-6-16(13-17)21-25-19-8-3-4-9-20(19)26-21/h3-13H,1-2H3,(H,25,26)(H2,23,24,27). The normalized spacial score (nSPS) is 10.7. The molecule has 134 valence electrons. The molecule has 0 fully saturated rings. The number of carbonyl (C=O) groups excluding carboxylic acids is 1. The molecule has 0 aliphatic rings. The maximum Gasteiger partial charge on any atom is 0.323 e. The average molecular weight is 356 g/mol. The van der Waals surface area contributed by atoms with E-state index in [0.29, 0.717) is 5.69 Å². The van der Waals surface area contributed by atoms with Gasteiger partial charge in [0, 0.05) is 16.9 Å². The van der Waals surface area contributed by atoms with Crippen LogP contribution in [0.3, 0.4) is 0 Å². The number of aromatic nitrogens is 2. The van der Waals surface area contributed by atoms with Gasteiger partial charge in [0.1, 0.15) is 5.82 Å². The number of anilines is 2. The fourth-order valence-electron chi connectivity index (χ4n) is 3.17. The fraction of sp³-hybridized carbons (Fsp3) is 0.0909. The highest BCUT2D eigenvalue weighted by Gasteiger charge is 2.08. The first-order chi connectivity index (χ1) is 13.1. The number of aromatic amines is 1. The van der Waals surface area contributed by atoms with Crippen LogP contribution in [-0.2, 0) is 0 Å². The summed E-state index contributed by atoms with van der Waals surface area (Å²) in [5.74, 6) is 0.773. The summed E-state index contributed by atoms with van der Waals surface area (Å²) >= 11 is 0. The van der Waals surface area contributed by atoms with Crippen LogP contribution in [0.4, 0.5) is 16.2 Å². The highest BCUT2D eigenvalue weighted by molar-refractivity contribution is 6.00. The summed E-state index contributed by atoms with van der Waals surface area (Å²) in [6, 6.07) is 21.2. The number of H-pyrrole nitrogens is 1. The summed E-state index contributed by atoms with van der Waals surface area (Å²) in [5, 5.41) is 5.76. The number of hydrogen-bond acceptors (Lipinski definition) is 2. The summed E-state index contributed by atoms with van der Waals surface area (Å²) in [5.41, 5.74) is 6.51. The maximum absolute atomic E-state index is 12.3. The molecule has 3 aromatic carbocycles. The first-order valence-corrected chi connectivity index (χ1v) is 8.78. The summed E-state index contributed by atoms with van der Waals surface area (Å²) < 4.78 is 0. The molecule has 0 bridgehead atoms. The monoisotopic (exact) mass is 356 g/mol. The highest BCUT2D eigenvalue weighted by atomic mass is 16.2. The van der Waals surface area contributed by atoms with Crippen LogP contribution in [0.15, 0.2) is 66.7 Å². The number of amides is 2. The lowest BCUT2D eigenvalue weighted by Gasteiger charge is -2.10. The van der Waals surface area contributed by atoms with Crippen molar-refractivity contribution >= 4 is 28.4 Å². The lowest BCUT2D eigenvalue weighted by molar-refractivity contribution is 0.262. The SMILES string of the molecule is Cc1cc(C)cc(NC(=O)Nc2cccc(-c3nc4ccccc4[nH]3)c2)c1. The average Bonchev–Trinajstić information content (AvgIpc) is 3.05. The molecule has 4 aromatic rings. The van der Waals surface area contributed by atoms with E-state index in [9.17, 15) is 4.79 Å². The van der Waals surface area contributed by atoms with Gasteiger partial charge in [0.2, 0.25) is 0 Å². The molecule has 0 aliphatic carbocycles. The van der Waals surface area contributed by atoms with Crippen molar-refractivity contribution in [1.82, 2.24) is 9.97 Å². The molecule has 0 aliphatic heterocycles. The Morgan fingerprint density at radius 3 is 2.37 bits per heavy atom. The van der Waals surface area contributed by atoms with E-state index in [4.69, 9.17) is 0 Å². The molecule has 0 radical (unpaired) electrons. The predicted molar refractivity (Wildman–Crippen MR) is 110 cm³/mol. The van der Waals surface area contributed by atoms with E-state index in [1.54, 1.807) is 0 Å². The molecule has 4 rings (SSSR count). The van der Waals surface area contributed by atoms with Crippen molar-refractivity contribution < 1.29 is 4.79 Å². The molecule has 0 saturated carbocycles. The van der Waals surface area contributed by atoms with Gasteiger partial charge < -0.3 is 15.6 Å². The van der Waals surface area contributed by atoms with Crippen LogP contribution >= 0.6 is 0 Å². The van der Waals surface area contributed by atoms with Crippen LogP contribution in [-0.4, -0.2) is 16.0 Å². The summed E-state index contributed by atoms with van der Waals surface area (Å²) in [7, 11) is 0. The van der Waals surface area contributed by atoms with Gasteiger partial charge in [-0.05, 0) is 61.4 Å². The topological polar surface area (TPSA) is 69.8 Å². The fourth-order valence-corrected chi connectivity index (χ4v) is 3.17. The Balaban J connectivity index is 1.52. The molecule has 1 aromatic heterocycles. The number of rotatable bonds is 3. The third-order valence-electron chi connectivity index (χ3n) is 4.26. The minimum Gasteiger partial charge on any atom is -0.338 e. The Bertz CT molecular complexity index is 1080. The number of nitrogens with zero attached hydrogens (tertiary/aromatic N) is 1. The molecular weight excluding hydrogens is 336 g/mol. The quantitative estimate of drug-likeness (QED) is 0.454. The van der Waals surface area contributed by atoms with E-state index < -0.39 is 0 Å². The molecule has 0 saturated heterocycles. The van der Waals surface area contributed by atoms with Crippen LogP contribution in [0.5, 0.6) is 0 Å². The molecule has 0 spiro atoms. The van der Waals surface area contributed by atoms with E-state index in [0.717, 1.165) is 39.2 Å². The molecule has 2 amide bonds. The number of aryl methyl sites for hydroxylation is 2. The van der Waals surface area contributed by atoms with E-state index in [1.165, 1.54) is 0 Å². The second-order valence-corrected chi connectivity index (χ2v) is 6.64. The number of benzene rings is 3. The number of urea groups is 1. The number of imidazole rings is 1. The summed E-state index contributed by atoms with van der Waals surface area (Å²) in [4.78, 5) is 20.3. The third kappa shape index (κ3) is 3.82. The van der Waals surface area contributed by atoms with Crippen LogP contribution in [0.1, 0.15) is 11.1 Å². The molecule has 5 nitrogen and oxygen atoms in total. The smallest absolute Gasteiger partial charge is 0.323 e. The second-order valence-electron chi connectivity index (χ2n) is 6.64. The second kappa shape index (κ2) is 6.96. The zero-order valence-electron chi connectivity index (χ0n) is 15.2. The van der Waals surface area contributed by atoms with Crippen LogP contribution in [0.2, 0.25) is 0 Å². The minimum atomic E-state index is -0.276. The maximum atomic E-state index is 12.3. The number of carbonyl (C=O) groups is 1. The molecule has 1 heterocycles. The Hall–Kier alpha value is -3.60. The molecule has 0 atom stereocenters. The Kier molecular flexibility index (Phi) is 4.34. The van der Waals surface area contributed by atoms with Gasteiger partial charge in [0.25, 0.3) is 0 Å². The van der Waals surface area contributed by atoms with Crippen molar-refractivity contribution in [3.8, 4) is 11.4 Å². The zero-order chi connectivity index (χ0) is 18.8. The minimum absolute atomic E-state index is 0.276. The molecule has 3 N–H and O–H groups in total. The van der Waals surface area contributed by atoms with E-state index >= 15 is 0 Å². The Morgan fingerprint density at radius 2 is 1.59 bits per heavy atom. The van der Waals surface area contributed by atoms with E-state index in [-0.39, 0.29) is 6.03 Å². The van der Waals surface area contributed by atoms with Crippen LogP contribution in [0, 0.1) is 13.8 Å². The van der Waals surface area contributed by atoms with Gasteiger partial charge in [-0.2, -0.15) is 0 Å². The predicted octanol–water partition coefficient (Wildman–Crippen LogP) is 5.49. The van der Waals surface area contributed by atoms with Gasteiger partial charge in [0.05, 0.1) is 11.0 Å². The number of para-hydroxylation sites is 2. The number of fused-ring (bicyclic) bond motifs is 1. The molecule has 0 unspecified atom stereocenters. The van der Waals surface area contributed by atoms with Crippen LogP contribution < -0.4 is 10.6 Å². The van der Waals surface area contributed by atoms with Gasteiger partial charge in [-0.15, -0.1) is 0 Å². The van der Waals surface area contributed by atoms with Gasteiger partial charge in [-0.1, -0.05) is 30.3 Å². The van der Waals surface area contributed by atoms with Crippen molar-refractivity contribution in [2.75, 3.05) is 10.6 Å². The largest absolute Gasteiger partial charge is 0.338 e. The van der Waals surface area contributed by atoms with Crippen molar-refractivity contribution in [3.05, 3.63) is 77.9 Å². The summed E-state index contributed by atoms with van der Waals surface area (Å²) in [6.45, 7) is 4.01. The lowest BCUT2D eigenvalue weighted by atomic mass is 10.1. The van der Waals surface area contributed by atoms with Crippen LogP contribution in [0.25, 0.3) is 22.4 Å². The first kappa shape index (κ1) is 16.8. The van der Waals surface area contributed by atoms with Crippen molar-refractivity contribution in [2.45, 2.75) is 13.8 Å². The third-order valence-corrected chi connectivity index (χ3v) is 4.26. The van der Waals surface area contributed by atoms with Crippen molar-refractivity contribution in [1.29, 1.82) is 0 Å². The van der Waals surface area contributed by atoms with Crippen molar-refractivity contribution in [2.24, 2.45) is 0 Å². The van der Waals surface area contributed by atoms with E-state index in [1.807, 2.05) is 74.5 Å². The Morgan fingerprint density at radius 1 is 0.852 bits per heavy atom.